The van der Waals surface area contributed by atoms with Crippen molar-refractivity contribution in [3.05, 3.63) is 28.8 Å². The second kappa shape index (κ2) is 11.1. The van der Waals surface area contributed by atoms with Gasteiger partial charge in [-0.25, -0.2) is 4.79 Å². The van der Waals surface area contributed by atoms with Gasteiger partial charge in [0.05, 0.1) is 25.3 Å². The summed E-state index contributed by atoms with van der Waals surface area (Å²) >= 11 is 6.13. The maximum atomic E-state index is 11.7. The first-order valence-corrected chi connectivity index (χ1v) is 8.48. The van der Waals surface area contributed by atoms with Crippen molar-refractivity contribution in [3.63, 3.8) is 0 Å². The predicted octanol–water partition coefficient (Wildman–Crippen LogP) is 1.51. The topological polar surface area (TPSA) is 94.2 Å². The Hall–Kier alpha value is -2.74. The molecule has 0 saturated heterocycles. The van der Waals surface area contributed by atoms with E-state index in [4.69, 9.17) is 25.8 Å². The van der Waals surface area contributed by atoms with Crippen LogP contribution in [0.5, 0.6) is 11.5 Å². The number of hydrogen-bond acceptors (Lipinski definition) is 6. The second-order valence-electron chi connectivity index (χ2n) is 5.47. The zero-order valence-corrected chi connectivity index (χ0v) is 16.5. The second-order valence-corrected chi connectivity index (χ2v) is 5.88. The number of halogens is 1. The maximum absolute atomic E-state index is 11.7. The Morgan fingerprint density at radius 1 is 1.26 bits per heavy atom. The molecular formula is C18H23ClN2O6. The average Bonchev–Trinajstić information content (AvgIpc) is 2.62. The number of amides is 2. The van der Waals surface area contributed by atoms with Gasteiger partial charge in [0, 0.05) is 20.2 Å². The first kappa shape index (κ1) is 22.3. The number of likely N-dealkylation sites (N-methyl/N-ethyl adjacent to an activating group) is 1. The van der Waals surface area contributed by atoms with E-state index < -0.39 is 18.5 Å². The Balaban J connectivity index is 2.60. The third-order valence-electron chi connectivity index (χ3n) is 3.23. The molecule has 9 heteroatoms. The third kappa shape index (κ3) is 7.57. The fourth-order valence-corrected chi connectivity index (χ4v) is 2.17. The minimum absolute atomic E-state index is 0.163. The van der Waals surface area contributed by atoms with Crippen LogP contribution in [0.2, 0.25) is 5.02 Å². The molecule has 27 heavy (non-hydrogen) atoms. The van der Waals surface area contributed by atoms with E-state index in [0.29, 0.717) is 28.7 Å². The molecule has 1 aromatic rings. The van der Waals surface area contributed by atoms with Crippen LogP contribution in [-0.2, 0) is 19.1 Å². The van der Waals surface area contributed by atoms with Crippen LogP contribution in [0.15, 0.2) is 18.2 Å². The summed E-state index contributed by atoms with van der Waals surface area (Å²) in [4.78, 5) is 36.0. The van der Waals surface area contributed by atoms with E-state index in [1.807, 2.05) is 6.92 Å². The largest absolute Gasteiger partial charge is 0.491 e. The molecule has 2 amide bonds. The predicted molar refractivity (Wildman–Crippen MR) is 101 cm³/mol. The first-order chi connectivity index (χ1) is 12.8. The fraction of sp³-hybridized carbons (Fsp3) is 0.389. The maximum Gasteiger partial charge on any atom is 0.331 e. The highest BCUT2D eigenvalue weighted by molar-refractivity contribution is 6.32. The van der Waals surface area contributed by atoms with Gasteiger partial charge in [-0.2, -0.15) is 0 Å². The van der Waals surface area contributed by atoms with Crippen LogP contribution in [0, 0.1) is 0 Å². The van der Waals surface area contributed by atoms with Crippen LogP contribution >= 0.6 is 11.6 Å². The smallest absolute Gasteiger partial charge is 0.331 e. The van der Waals surface area contributed by atoms with Gasteiger partial charge in [0.15, 0.2) is 18.1 Å². The van der Waals surface area contributed by atoms with Crippen molar-refractivity contribution in [1.29, 1.82) is 0 Å². The molecule has 0 aromatic heterocycles. The summed E-state index contributed by atoms with van der Waals surface area (Å²) in [5, 5.41) is 2.69. The minimum Gasteiger partial charge on any atom is -0.491 e. The molecule has 0 atom stereocenters. The van der Waals surface area contributed by atoms with Crippen molar-refractivity contribution in [3.8, 4) is 11.5 Å². The number of esters is 1. The zero-order chi connectivity index (χ0) is 20.4. The van der Waals surface area contributed by atoms with Crippen molar-refractivity contribution in [2.75, 3.05) is 41.0 Å². The molecule has 0 aliphatic carbocycles. The van der Waals surface area contributed by atoms with E-state index in [0.717, 1.165) is 6.08 Å². The highest BCUT2D eigenvalue weighted by atomic mass is 35.5. The van der Waals surface area contributed by atoms with Crippen LogP contribution < -0.4 is 14.8 Å². The third-order valence-corrected chi connectivity index (χ3v) is 3.51. The van der Waals surface area contributed by atoms with E-state index in [1.165, 1.54) is 18.1 Å². The fourth-order valence-electron chi connectivity index (χ4n) is 1.88. The standard InChI is InChI=1S/C18H23ClN2O6/c1-5-26-14-9-12(8-13(19)18(14)25-4)6-7-17(24)27-11-15(22)20-10-16(23)21(2)3/h6-9H,5,10-11H2,1-4H3,(H,20,22)/b7-6+. The lowest BCUT2D eigenvalue weighted by molar-refractivity contribution is -0.144. The van der Waals surface area contributed by atoms with E-state index >= 15 is 0 Å². The Morgan fingerprint density at radius 3 is 2.56 bits per heavy atom. The number of nitrogens with one attached hydrogen (secondary N) is 1. The molecule has 0 aliphatic heterocycles. The molecular weight excluding hydrogens is 376 g/mol. The van der Waals surface area contributed by atoms with Gasteiger partial charge in [-0.05, 0) is 30.7 Å². The molecule has 0 spiro atoms. The molecule has 0 unspecified atom stereocenters. The molecule has 1 N–H and O–H groups in total. The van der Waals surface area contributed by atoms with Gasteiger partial charge in [-0.3, -0.25) is 9.59 Å². The Kier molecular flexibility index (Phi) is 9.15. The SMILES string of the molecule is CCOc1cc(/C=C/C(=O)OCC(=O)NCC(=O)N(C)C)cc(Cl)c1OC. The molecule has 1 rings (SSSR count). The van der Waals surface area contributed by atoms with Crippen molar-refractivity contribution in [1.82, 2.24) is 10.2 Å². The van der Waals surface area contributed by atoms with E-state index in [-0.39, 0.29) is 12.5 Å². The lowest BCUT2D eigenvalue weighted by Crippen LogP contribution is -2.38. The van der Waals surface area contributed by atoms with Gasteiger partial charge in [-0.15, -0.1) is 0 Å². The van der Waals surface area contributed by atoms with Gasteiger partial charge in [-0.1, -0.05) is 11.6 Å². The van der Waals surface area contributed by atoms with Gasteiger partial charge in [0.2, 0.25) is 5.91 Å². The number of carbonyl (C=O) groups excluding carboxylic acids is 3. The summed E-state index contributed by atoms with van der Waals surface area (Å²) in [6.45, 7) is 1.60. The summed E-state index contributed by atoms with van der Waals surface area (Å²) in [6.07, 6.45) is 2.63. The minimum atomic E-state index is -0.714. The number of ether oxygens (including phenoxy) is 3. The lowest BCUT2D eigenvalue weighted by Gasteiger charge is -2.11. The summed E-state index contributed by atoms with van der Waals surface area (Å²) in [6, 6.07) is 3.27. The molecule has 0 aliphatic rings. The molecule has 0 saturated carbocycles. The average molecular weight is 399 g/mol. The number of nitrogens with zero attached hydrogens (tertiary/aromatic N) is 1. The van der Waals surface area contributed by atoms with Gasteiger partial charge in [0.25, 0.3) is 5.91 Å². The lowest BCUT2D eigenvalue weighted by atomic mass is 10.2. The number of carbonyl (C=O) groups is 3. The Morgan fingerprint density at radius 2 is 1.96 bits per heavy atom. The Bertz CT molecular complexity index is 718. The number of methoxy groups -OCH3 is 1. The summed E-state index contributed by atoms with van der Waals surface area (Å²) in [5.41, 5.74) is 0.599. The van der Waals surface area contributed by atoms with Crippen molar-refractivity contribution in [2.24, 2.45) is 0 Å². The number of rotatable bonds is 9. The van der Waals surface area contributed by atoms with Crippen LogP contribution in [0.4, 0.5) is 0 Å². The van der Waals surface area contributed by atoms with E-state index in [1.54, 1.807) is 26.2 Å². The first-order valence-electron chi connectivity index (χ1n) is 8.10. The van der Waals surface area contributed by atoms with Crippen LogP contribution in [-0.4, -0.2) is 63.6 Å². The normalized spacial score (nSPS) is 10.4. The Labute approximate surface area is 163 Å². The number of hydrogen-bond donors (Lipinski definition) is 1. The zero-order valence-electron chi connectivity index (χ0n) is 15.7. The molecule has 8 nitrogen and oxygen atoms in total. The van der Waals surface area contributed by atoms with Gasteiger partial charge >= 0.3 is 5.97 Å². The summed E-state index contributed by atoms with van der Waals surface area (Å²) in [5.74, 6) is -0.698. The van der Waals surface area contributed by atoms with Crippen molar-refractivity contribution < 1.29 is 28.6 Å². The summed E-state index contributed by atoms with van der Waals surface area (Å²) in [7, 11) is 4.62. The number of benzene rings is 1. The van der Waals surface area contributed by atoms with E-state index in [9.17, 15) is 14.4 Å². The quantitative estimate of drug-likeness (QED) is 0.500. The highest BCUT2D eigenvalue weighted by Crippen LogP contribution is 2.36. The van der Waals surface area contributed by atoms with Crippen molar-refractivity contribution >= 4 is 35.5 Å². The van der Waals surface area contributed by atoms with E-state index in [2.05, 4.69) is 5.32 Å². The molecule has 0 fully saturated rings. The highest BCUT2D eigenvalue weighted by Gasteiger charge is 2.11. The molecule has 148 valence electrons. The van der Waals surface area contributed by atoms with Crippen LogP contribution in [0.3, 0.4) is 0 Å². The summed E-state index contributed by atoms with van der Waals surface area (Å²) < 4.78 is 15.5. The monoisotopic (exact) mass is 398 g/mol. The molecule has 0 bridgehead atoms. The molecule has 1 aromatic carbocycles. The van der Waals surface area contributed by atoms with Crippen LogP contribution in [0.25, 0.3) is 6.08 Å². The van der Waals surface area contributed by atoms with Gasteiger partial charge < -0.3 is 24.4 Å². The van der Waals surface area contributed by atoms with Crippen molar-refractivity contribution in [2.45, 2.75) is 6.92 Å². The molecule has 0 heterocycles. The van der Waals surface area contributed by atoms with Crippen LogP contribution in [0.1, 0.15) is 12.5 Å². The molecule has 0 radical (unpaired) electrons. The van der Waals surface area contributed by atoms with Gasteiger partial charge in [0.1, 0.15) is 0 Å².